The van der Waals surface area contributed by atoms with Gasteiger partial charge in [0.1, 0.15) is 5.69 Å². The van der Waals surface area contributed by atoms with E-state index in [1.807, 2.05) is 0 Å². The van der Waals surface area contributed by atoms with Gasteiger partial charge in [-0.25, -0.2) is 8.78 Å². The Hall–Kier alpha value is -0.840. The zero-order valence-electron chi connectivity index (χ0n) is 7.91. The highest BCUT2D eigenvalue weighted by Crippen LogP contribution is 2.20. The molecule has 78 valence electrons. The molecule has 1 rings (SSSR count). The quantitative estimate of drug-likeness (QED) is 0.781. The van der Waals surface area contributed by atoms with Crippen molar-refractivity contribution in [3.8, 4) is 0 Å². The number of hydrogen-bond donors (Lipinski definition) is 0. The molecule has 0 spiro atoms. The third kappa shape index (κ3) is 2.57. The number of pyridine rings is 1. The Balaban J connectivity index is 2.88. The molecule has 0 N–H and O–H groups in total. The van der Waals surface area contributed by atoms with Gasteiger partial charge in [-0.1, -0.05) is 6.07 Å². The Bertz CT molecular complexity index is 326. The molecule has 14 heavy (non-hydrogen) atoms. The second kappa shape index (κ2) is 4.59. The van der Waals surface area contributed by atoms with E-state index in [9.17, 15) is 13.0 Å². The average Bonchev–Trinajstić information content (AvgIpc) is 2.16. The van der Waals surface area contributed by atoms with Gasteiger partial charge in [-0.3, -0.25) is 9.19 Å². The summed E-state index contributed by atoms with van der Waals surface area (Å²) in [6.45, 7) is 1.77. The molecule has 0 aliphatic carbocycles. The summed E-state index contributed by atoms with van der Waals surface area (Å²) in [5.74, 6) is 0. The van der Waals surface area contributed by atoms with Crippen LogP contribution in [0.15, 0.2) is 18.3 Å². The number of aromatic nitrogens is 1. The van der Waals surface area contributed by atoms with E-state index in [1.165, 1.54) is 12.3 Å². The van der Waals surface area contributed by atoms with Crippen LogP contribution in [0, 0.1) is 0 Å². The molecule has 0 saturated heterocycles. The summed E-state index contributed by atoms with van der Waals surface area (Å²) in [5, 5.41) is -0.172. The van der Waals surface area contributed by atoms with Crippen molar-refractivity contribution in [3.63, 3.8) is 0 Å². The summed E-state index contributed by atoms with van der Waals surface area (Å²) in [6.07, 6.45) is 0.380. The van der Waals surface area contributed by atoms with Gasteiger partial charge in [0.05, 0.1) is 5.25 Å². The summed E-state index contributed by atoms with van der Waals surface area (Å²) >= 11 is 0. The van der Waals surface area contributed by atoms with Crippen molar-refractivity contribution in [2.75, 3.05) is 6.26 Å². The third-order valence-electron chi connectivity index (χ3n) is 2.00. The zero-order valence-corrected chi connectivity index (χ0v) is 8.72. The van der Waals surface area contributed by atoms with Gasteiger partial charge in [0.15, 0.2) is 0 Å². The number of nitrogens with zero attached hydrogens (tertiary/aromatic N) is 1. The minimum Gasteiger partial charge on any atom is -0.259 e. The van der Waals surface area contributed by atoms with Crippen LogP contribution in [0.1, 0.15) is 29.9 Å². The molecule has 1 heterocycles. The standard InChI is InChI=1S/C9H11F2NOS/c1-6(14(2)13)7-3-4-8(9(10)11)12-5-7/h3-6,9H,1-2H3. The van der Waals surface area contributed by atoms with Gasteiger partial charge < -0.3 is 0 Å². The smallest absolute Gasteiger partial charge is 0.259 e. The summed E-state index contributed by atoms with van der Waals surface area (Å²) in [7, 11) is -1.01. The minimum absolute atomic E-state index is 0.172. The fourth-order valence-corrected chi connectivity index (χ4v) is 1.50. The van der Waals surface area contributed by atoms with E-state index >= 15 is 0 Å². The first-order chi connectivity index (χ1) is 6.52. The van der Waals surface area contributed by atoms with E-state index in [-0.39, 0.29) is 10.9 Å². The minimum atomic E-state index is -2.55. The largest absolute Gasteiger partial charge is 0.280 e. The highest BCUT2D eigenvalue weighted by atomic mass is 32.2. The maximum absolute atomic E-state index is 12.1. The zero-order chi connectivity index (χ0) is 10.7. The maximum Gasteiger partial charge on any atom is 0.280 e. The van der Waals surface area contributed by atoms with Crippen molar-refractivity contribution in [1.82, 2.24) is 4.98 Å². The Morgan fingerprint density at radius 1 is 1.43 bits per heavy atom. The van der Waals surface area contributed by atoms with Crippen LogP contribution >= 0.6 is 0 Å². The molecule has 0 aliphatic heterocycles. The predicted octanol–water partition coefficient (Wildman–Crippen LogP) is 2.46. The van der Waals surface area contributed by atoms with E-state index < -0.39 is 17.2 Å². The van der Waals surface area contributed by atoms with Crippen molar-refractivity contribution in [1.29, 1.82) is 0 Å². The predicted molar refractivity (Wildman–Crippen MR) is 51.7 cm³/mol. The van der Waals surface area contributed by atoms with Crippen LogP contribution in [0.5, 0.6) is 0 Å². The van der Waals surface area contributed by atoms with E-state index in [0.29, 0.717) is 0 Å². The lowest BCUT2D eigenvalue weighted by Crippen LogP contribution is -2.01. The summed E-state index contributed by atoms with van der Waals surface area (Å²) in [4.78, 5) is 3.60. The molecule has 0 saturated carbocycles. The molecule has 0 radical (unpaired) electrons. The highest BCUT2D eigenvalue weighted by Gasteiger charge is 2.12. The Labute approximate surface area is 83.8 Å². The van der Waals surface area contributed by atoms with Crippen LogP contribution in [-0.4, -0.2) is 15.4 Å². The van der Waals surface area contributed by atoms with Crippen molar-refractivity contribution >= 4 is 10.8 Å². The van der Waals surface area contributed by atoms with E-state index in [1.54, 1.807) is 19.2 Å². The Morgan fingerprint density at radius 3 is 2.43 bits per heavy atom. The molecular weight excluding hydrogens is 208 g/mol. The van der Waals surface area contributed by atoms with Gasteiger partial charge >= 0.3 is 0 Å². The van der Waals surface area contributed by atoms with Crippen LogP contribution in [-0.2, 0) is 10.8 Å². The van der Waals surface area contributed by atoms with Gasteiger partial charge in [-0.05, 0) is 18.6 Å². The van der Waals surface area contributed by atoms with Gasteiger partial charge in [-0.15, -0.1) is 0 Å². The third-order valence-corrected chi connectivity index (χ3v) is 3.27. The van der Waals surface area contributed by atoms with Crippen LogP contribution in [0.2, 0.25) is 0 Å². The summed E-state index contributed by atoms with van der Waals surface area (Å²) in [6, 6.07) is 2.81. The van der Waals surface area contributed by atoms with Gasteiger partial charge in [-0.2, -0.15) is 0 Å². The maximum atomic E-state index is 12.1. The van der Waals surface area contributed by atoms with Crippen LogP contribution in [0.4, 0.5) is 8.78 Å². The molecule has 5 heteroatoms. The monoisotopic (exact) mass is 219 g/mol. The van der Waals surface area contributed by atoms with Crippen LogP contribution in [0.25, 0.3) is 0 Å². The topological polar surface area (TPSA) is 30.0 Å². The molecule has 2 atom stereocenters. The lowest BCUT2D eigenvalue weighted by atomic mass is 10.2. The number of hydrogen-bond acceptors (Lipinski definition) is 2. The van der Waals surface area contributed by atoms with Crippen LogP contribution in [0.3, 0.4) is 0 Å². The lowest BCUT2D eigenvalue weighted by Gasteiger charge is -2.08. The number of halogens is 2. The first-order valence-electron chi connectivity index (χ1n) is 4.08. The Kier molecular flexibility index (Phi) is 3.69. The van der Waals surface area contributed by atoms with Crippen molar-refractivity contribution < 1.29 is 13.0 Å². The van der Waals surface area contributed by atoms with E-state index in [4.69, 9.17) is 0 Å². The normalized spacial score (nSPS) is 15.5. The first kappa shape index (κ1) is 11.2. The molecule has 2 nitrogen and oxygen atoms in total. The molecule has 0 aromatic carbocycles. The molecule has 0 bridgehead atoms. The molecule has 2 unspecified atom stereocenters. The molecule has 1 aromatic heterocycles. The fourth-order valence-electron chi connectivity index (χ4n) is 0.978. The number of alkyl halides is 2. The fraction of sp³-hybridized carbons (Fsp3) is 0.444. The second-order valence-electron chi connectivity index (χ2n) is 2.96. The van der Waals surface area contributed by atoms with Crippen molar-refractivity contribution in [3.05, 3.63) is 29.6 Å². The van der Waals surface area contributed by atoms with E-state index in [2.05, 4.69) is 4.98 Å². The molecule has 0 fully saturated rings. The van der Waals surface area contributed by atoms with Crippen molar-refractivity contribution in [2.24, 2.45) is 0 Å². The van der Waals surface area contributed by atoms with Crippen LogP contribution < -0.4 is 0 Å². The summed E-state index contributed by atoms with van der Waals surface area (Å²) in [5.41, 5.74) is 0.470. The Morgan fingerprint density at radius 2 is 2.07 bits per heavy atom. The molecule has 1 aromatic rings. The lowest BCUT2D eigenvalue weighted by molar-refractivity contribution is 0.146. The molecular formula is C9H11F2NOS. The number of rotatable bonds is 3. The second-order valence-corrected chi connectivity index (χ2v) is 4.66. The molecule has 0 aliphatic rings. The highest BCUT2D eigenvalue weighted by molar-refractivity contribution is 7.84. The van der Waals surface area contributed by atoms with E-state index in [0.717, 1.165) is 5.56 Å². The van der Waals surface area contributed by atoms with Gasteiger partial charge in [0, 0.05) is 23.3 Å². The van der Waals surface area contributed by atoms with Gasteiger partial charge in [0.25, 0.3) is 6.43 Å². The molecule has 0 amide bonds. The SMILES string of the molecule is CC(c1ccc(C(F)F)nc1)S(C)=O. The van der Waals surface area contributed by atoms with Crippen molar-refractivity contribution in [2.45, 2.75) is 18.6 Å². The first-order valence-corrected chi connectivity index (χ1v) is 5.70. The average molecular weight is 219 g/mol. The van der Waals surface area contributed by atoms with Gasteiger partial charge in [0.2, 0.25) is 0 Å². The summed E-state index contributed by atoms with van der Waals surface area (Å²) < 4.78 is 35.4.